The topological polar surface area (TPSA) is 29.1 Å². The third-order valence-electron chi connectivity index (χ3n) is 1.89. The van der Waals surface area contributed by atoms with Crippen LogP contribution in [0, 0.1) is 0 Å². The van der Waals surface area contributed by atoms with Gasteiger partial charge < -0.3 is 5.32 Å². The van der Waals surface area contributed by atoms with E-state index in [2.05, 4.69) is 35.8 Å². The molecule has 3 heteroatoms. The monoisotopic (exact) mass is 221 g/mol. The van der Waals surface area contributed by atoms with Crippen LogP contribution < -0.4 is 5.32 Å². The molecule has 15 heavy (non-hydrogen) atoms. The van der Waals surface area contributed by atoms with E-state index >= 15 is 0 Å². The normalized spacial score (nSPS) is 10.5. The highest BCUT2D eigenvalue weighted by molar-refractivity contribution is 7.98. The quantitative estimate of drug-likeness (QED) is 0.792. The maximum Gasteiger partial charge on any atom is 0.217 e. The Hall–Kier alpha value is -1.22. The Kier molecular flexibility index (Phi) is 4.98. The number of nitrogens with one attached hydrogen (secondary N) is 1. The van der Waals surface area contributed by atoms with E-state index in [0.29, 0.717) is 6.54 Å². The van der Waals surface area contributed by atoms with Crippen LogP contribution in [0.25, 0.3) is 6.08 Å². The molecule has 0 aliphatic carbocycles. The molecule has 0 unspecified atom stereocenters. The number of thioether (sulfide) groups is 1. The van der Waals surface area contributed by atoms with Crippen LogP contribution in [0.5, 0.6) is 0 Å². The first-order valence-electron chi connectivity index (χ1n) is 4.77. The summed E-state index contributed by atoms with van der Waals surface area (Å²) in [7, 11) is 0. The van der Waals surface area contributed by atoms with Crippen molar-refractivity contribution in [1.29, 1.82) is 0 Å². The highest BCUT2D eigenvalue weighted by Crippen LogP contribution is 2.15. The van der Waals surface area contributed by atoms with E-state index in [-0.39, 0.29) is 5.91 Å². The van der Waals surface area contributed by atoms with Crippen LogP contribution in [0.3, 0.4) is 0 Å². The molecule has 0 bridgehead atoms. The molecule has 1 aromatic carbocycles. The van der Waals surface area contributed by atoms with Crippen molar-refractivity contribution < 1.29 is 4.79 Å². The molecule has 0 aliphatic rings. The zero-order valence-corrected chi connectivity index (χ0v) is 9.80. The summed E-state index contributed by atoms with van der Waals surface area (Å²) in [6.45, 7) is 2.10. The molecule has 0 radical (unpaired) electrons. The largest absolute Gasteiger partial charge is 0.353 e. The van der Waals surface area contributed by atoms with Crippen molar-refractivity contribution in [2.45, 2.75) is 11.8 Å². The summed E-state index contributed by atoms with van der Waals surface area (Å²) in [6.07, 6.45) is 6.00. The number of hydrogen-bond donors (Lipinski definition) is 1. The summed E-state index contributed by atoms with van der Waals surface area (Å²) >= 11 is 1.73. The standard InChI is InChI=1S/C12H15NOS/c1-10(14)13-9-3-4-11-5-7-12(15-2)8-6-11/h3-8H,9H2,1-2H3,(H,13,14). The van der Waals surface area contributed by atoms with E-state index in [1.54, 1.807) is 11.8 Å². The molecule has 0 heterocycles. The molecule has 0 aromatic heterocycles. The van der Waals surface area contributed by atoms with Crippen molar-refractivity contribution in [3.63, 3.8) is 0 Å². The summed E-state index contributed by atoms with van der Waals surface area (Å²) in [5.74, 6) is -0.00243. The van der Waals surface area contributed by atoms with Gasteiger partial charge >= 0.3 is 0 Å². The highest BCUT2D eigenvalue weighted by Gasteiger charge is 1.89. The molecule has 0 atom stereocenters. The van der Waals surface area contributed by atoms with Crippen LogP contribution in [-0.4, -0.2) is 18.7 Å². The lowest BCUT2D eigenvalue weighted by molar-refractivity contribution is -0.118. The Bertz CT molecular complexity index is 343. The number of hydrogen-bond acceptors (Lipinski definition) is 2. The number of amides is 1. The van der Waals surface area contributed by atoms with Crippen molar-refractivity contribution in [2.24, 2.45) is 0 Å². The number of carbonyl (C=O) groups excluding carboxylic acids is 1. The molecular formula is C12H15NOS. The maximum absolute atomic E-state index is 10.6. The first kappa shape index (κ1) is 11.9. The highest BCUT2D eigenvalue weighted by atomic mass is 32.2. The van der Waals surface area contributed by atoms with Gasteiger partial charge in [0.05, 0.1) is 0 Å². The molecule has 0 fully saturated rings. The summed E-state index contributed by atoms with van der Waals surface area (Å²) in [5.41, 5.74) is 1.15. The SMILES string of the molecule is CSc1ccc(C=CCNC(C)=O)cc1. The zero-order valence-electron chi connectivity index (χ0n) is 8.99. The first-order valence-corrected chi connectivity index (χ1v) is 6.00. The van der Waals surface area contributed by atoms with Gasteiger partial charge in [0, 0.05) is 18.4 Å². The third kappa shape index (κ3) is 4.70. The minimum atomic E-state index is -0.00243. The molecule has 0 aliphatic heterocycles. The molecule has 1 N–H and O–H groups in total. The van der Waals surface area contributed by atoms with Gasteiger partial charge in [-0.2, -0.15) is 0 Å². The predicted molar refractivity (Wildman–Crippen MR) is 65.9 cm³/mol. The Morgan fingerprint density at radius 1 is 1.40 bits per heavy atom. The summed E-state index contributed by atoms with van der Waals surface area (Å²) < 4.78 is 0. The molecule has 2 nitrogen and oxygen atoms in total. The Labute approximate surface area is 94.8 Å². The molecule has 1 rings (SSSR count). The number of rotatable bonds is 4. The maximum atomic E-state index is 10.6. The van der Waals surface area contributed by atoms with Crippen molar-refractivity contribution in [2.75, 3.05) is 12.8 Å². The molecule has 0 saturated heterocycles. The molecule has 80 valence electrons. The van der Waals surface area contributed by atoms with Crippen LogP contribution in [0.2, 0.25) is 0 Å². The first-order chi connectivity index (χ1) is 7.22. The Balaban J connectivity index is 2.46. The lowest BCUT2D eigenvalue weighted by Gasteiger charge is -1.97. The second-order valence-electron chi connectivity index (χ2n) is 3.11. The van der Waals surface area contributed by atoms with Gasteiger partial charge in [-0.15, -0.1) is 11.8 Å². The number of benzene rings is 1. The Morgan fingerprint density at radius 2 is 2.07 bits per heavy atom. The average molecular weight is 221 g/mol. The van der Waals surface area contributed by atoms with Gasteiger partial charge in [0.2, 0.25) is 5.91 Å². The van der Waals surface area contributed by atoms with Crippen molar-refractivity contribution in [3.05, 3.63) is 35.9 Å². The van der Waals surface area contributed by atoms with E-state index in [0.717, 1.165) is 5.56 Å². The van der Waals surface area contributed by atoms with Crippen molar-refractivity contribution in [1.82, 2.24) is 5.32 Å². The van der Waals surface area contributed by atoms with Crippen molar-refractivity contribution >= 4 is 23.7 Å². The lowest BCUT2D eigenvalue weighted by atomic mass is 10.2. The fraction of sp³-hybridized carbons (Fsp3) is 0.250. The van der Waals surface area contributed by atoms with Crippen molar-refractivity contribution in [3.8, 4) is 0 Å². The minimum absolute atomic E-state index is 0.00243. The van der Waals surface area contributed by atoms with Crippen LogP contribution in [-0.2, 0) is 4.79 Å². The van der Waals surface area contributed by atoms with Gasteiger partial charge in [-0.3, -0.25) is 4.79 Å². The molecule has 0 spiro atoms. The average Bonchev–Trinajstić information content (AvgIpc) is 2.25. The summed E-state index contributed by atoms with van der Waals surface area (Å²) in [6, 6.07) is 8.30. The van der Waals surface area contributed by atoms with Crippen LogP contribution >= 0.6 is 11.8 Å². The van der Waals surface area contributed by atoms with Gasteiger partial charge in [-0.1, -0.05) is 24.3 Å². The molecule has 1 aromatic rings. The van der Waals surface area contributed by atoms with Crippen LogP contribution in [0.1, 0.15) is 12.5 Å². The second-order valence-corrected chi connectivity index (χ2v) is 3.99. The zero-order chi connectivity index (χ0) is 11.1. The Morgan fingerprint density at radius 3 is 2.60 bits per heavy atom. The smallest absolute Gasteiger partial charge is 0.217 e. The summed E-state index contributed by atoms with van der Waals surface area (Å²) in [4.78, 5) is 11.8. The van der Waals surface area contributed by atoms with E-state index in [9.17, 15) is 4.79 Å². The predicted octanol–water partition coefficient (Wildman–Crippen LogP) is 2.56. The minimum Gasteiger partial charge on any atom is -0.353 e. The number of carbonyl (C=O) groups is 1. The molecule has 0 saturated carbocycles. The van der Waals surface area contributed by atoms with Gasteiger partial charge in [-0.05, 0) is 24.0 Å². The lowest BCUT2D eigenvalue weighted by Crippen LogP contribution is -2.19. The second kappa shape index (κ2) is 6.30. The molecular weight excluding hydrogens is 206 g/mol. The van der Waals surface area contributed by atoms with Crippen LogP contribution in [0.15, 0.2) is 35.2 Å². The molecule has 1 amide bonds. The fourth-order valence-electron chi connectivity index (χ4n) is 1.11. The van der Waals surface area contributed by atoms with Gasteiger partial charge in [0.1, 0.15) is 0 Å². The van der Waals surface area contributed by atoms with Gasteiger partial charge in [0.25, 0.3) is 0 Å². The van der Waals surface area contributed by atoms with Gasteiger partial charge in [-0.25, -0.2) is 0 Å². The summed E-state index contributed by atoms with van der Waals surface area (Å²) in [5, 5.41) is 2.71. The van der Waals surface area contributed by atoms with Gasteiger partial charge in [0.15, 0.2) is 0 Å². The van der Waals surface area contributed by atoms with E-state index in [4.69, 9.17) is 0 Å². The van der Waals surface area contributed by atoms with Crippen LogP contribution in [0.4, 0.5) is 0 Å². The van der Waals surface area contributed by atoms with E-state index < -0.39 is 0 Å². The third-order valence-corrected chi connectivity index (χ3v) is 2.64. The van der Waals surface area contributed by atoms with E-state index in [1.165, 1.54) is 11.8 Å². The fourth-order valence-corrected chi connectivity index (χ4v) is 1.52. The van der Waals surface area contributed by atoms with E-state index in [1.807, 2.05) is 12.2 Å².